The Bertz CT molecular complexity index is 704. The molecule has 28 heavy (non-hydrogen) atoms. The van der Waals surface area contributed by atoms with Gasteiger partial charge in [0.2, 0.25) is 0 Å². The van der Waals surface area contributed by atoms with Gasteiger partial charge in [0.05, 0.1) is 0 Å². The van der Waals surface area contributed by atoms with Crippen LogP contribution in [0.5, 0.6) is 0 Å². The molecule has 1 saturated carbocycles. The van der Waals surface area contributed by atoms with Gasteiger partial charge >= 0.3 is 8.32 Å². The van der Waals surface area contributed by atoms with Crippen LogP contribution in [0.2, 0.25) is 5.04 Å². The molecule has 0 N–H and O–H groups in total. The first kappa shape index (κ1) is 20.9. The molecule has 2 aromatic carbocycles. The second-order valence-electron chi connectivity index (χ2n) is 9.18. The van der Waals surface area contributed by atoms with Crippen molar-refractivity contribution in [2.75, 3.05) is 0 Å². The minimum Gasteiger partial charge on any atom is -0.510 e. The van der Waals surface area contributed by atoms with Gasteiger partial charge in [-0.3, -0.25) is 4.79 Å². The molecule has 3 heteroatoms. The van der Waals surface area contributed by atoms with Crippen molar-refractivity contribution in [2.45, 2.75) is 70.8 Å². The molecule has 0 saturated heterocycles. The van der Waals surface area contributed by atoms with Crippen LogP contribution >= 0.6 is 0 Å². The third-order valence-corrected chi connectivity index (χ3v) is 11.1. The highest BCUT2D eigenvalue weighted by Gasteiger charge is 2.53. The molecule has 0 amide bonds. The Hall–Kier alpha value is -1.87. The van der Waals surface area contributed by atoms with E-state index in [0.717, 1.165) is 6.42 Å². The second-order valence-corrected chi connectivity index (χ2v) is 13.4. The fourth-order valence-corrected chi connectivity index (χ4v) is 9.04. The number of hydrogen-bond acceptors (Lipinski definition) is 2. The zero-order valence-electron chi connectivity index (χ0n) is 17.6. The summed E-state index contributed by atoms with van der Waals surface area (Å²) in [4.78, 5) is 13.1. The van der Waals surface area contributed by atoms with Crippen LogP contribution in [-0.2, 0) is 9.22 Å². The van der Waals surface area contributed by atoms with E-state index in [4.69, 9.17) is 4.43 Å². The summed E-state index contributed by atoms with van der Waals surface area (Å²) >= 11 is 0. The molecule has 0 radical (unpaired) electrons. The average Bonchev–Trinajstić information content (AvgIpc) is 2.71. The Morgan fingerprint density at radius 2 is 1.39 bits per heavy atom. The van der Waals surface area contributed by atoms with Crippen molar-refractivity contribution in [2.24, 2.45) is 5.92 Å². The minimum atomic E-state index is -2.75. The maximum Gasteiger partial charge on any atom is 0.323 e. The molecule has 1 aliphatic carbocycles. The van der Waals surface area contributed by atoms with Crippen LogP contribution in [0.1, 0.15) is 65.7 Å². The van der Waals surface area contributed by atoms with Crippen molar-refractivity contribution < 1.29 is 9.22 Å². The molecule has 0 heterocycles. The average molecular weight is 395 g/mol. The van der Waals surface area contributed by atoms with E-state index >= 15 is 0 Å². The molecular weight excluding hydrogens is 360 g/mol. The van der Waals surface area contributed by atoms with Gasteiger partial charge < -0.3 is 4.43 Å². The highest BCUT2D eigenvalue weighted by Crippen LogP contribution is 2.37. The maximum absolute atomic E-state index is 13.1. The SMILES string of the molecule is CC(C)(C)[Si](OC(=O)CCC1CCCCC1)(c1ccccc1)c1ccccc1. The van der Waals surface area contributed by atoms with E-state index in [1.807, 2.05) is 12.1 Å². The summed E-state index contributed by atoms with van der Waals surface area (Å²) in [5, 5.41) is 2.18. The van der Waals surface area contributed by atoms with Crippen LogP contribution in [0.4, 0.5) is 0 Å². The lowest BCUT2D eigenvalue weighted by molar-refractivity contribution is -0.135. The topological polar surface area (TPSA) is 26.3 Å². The molecular formula is C25H34O2Si. The summed E-state index contributed by atoms with van der Waals surface area (Å²) in [5.74, 6) is 0.667. The van der Waals surface area contributed by atoms with Crippen molar-refractivity contribution in [3.8, 4) is 0 Å². The molecule has 1 fully saturated rings. The van der Waals surface area contributed by atoms with E-state index < -0.39 is 8.32 Å². The molecule has 1 aliphatic rings. The lowest BCUT2D eigenvalue weighted by Crippen LogP contribution is -2.67. The van der Waals surface area contributed by atoms with E-state index in [9.17, 15) is 4.79 Å². The molecule has 0 bridgehead atoms. The van der Waals surface area contributed by atoms with Gasteiger partial charge in [-0.1, -0.05) is 114 Å². The van der Waals surface area contributed by atoms with Crippen LogP contribution in [-0.4, -0.2) is 14.3 Å². The molecule has 0 atom stereocenters. The molecule has 0 spiro atoms. The summed E-state index contributed by atoms with van der Waals surface area (Å²) in [5.41, 5.74) is 0. The normalized spacial score (nSPS) is 16.0. The third kappa shape index (κ3) is 4.57. The second kappa shape index (κ2) is 9.08. The first-order valence-corrected chi connectivity index (χ1v) is 12.7. The predicted molar refractivity (Wildman–Crippen MR) is 120 cm³/mol. The Kier molecular flexibility index (Phi) is 6.76. The summed E-state index contributed by atoms with van der Waals surface area (Å²) in [6.45, 7) is 6.65. The zero-order valence-corrected chi connectivity index (χ0v) is 18.6. The Morgan fingerprint density at radius 3 is 1.86 bits per heavy atom. The van der Waals surface area contributed by atoms with Crippen molar-refractivity contribution >= 4 is 24.7 Å². The van der Waals surface area contributed by atoms with Gasteiger partial charge in [0.25, 0.3) is 5.97 Å². The molecule has 2 aromatic rings. The van der Waals surface area contributed by atoms with Gasteiger partial charge in [0, 0.05) is 6.42 Å². The largest absolute Gasteiger partial charge is 0.510 e. The molecule has 0 unspecified atom stereocenters. The smallest absolute Gasteiger partial charge is 0.323 e. The number of rotatable bonds is 6. The Labute approximate surface area is 171 Å². The fourth-order valence-electron chi connectivity index (χ4n) is 4.67. The van der Waals surface area contributed by atoms with Crippen molar-refractivity contribution in [3.05, 3.63) is 60.7 Å². The molecule has 0 aromatic heterocycles. The third-order valence-electron chi connectivity index (χ3n) is 6.17. The van der Waals surface area contributed by atoms with E-state index in [0.29, 0.717) is 12.3 Å². The maximum atomic E-state index is 13.1. The van der Waals surface area contributed by atoms with Gasteiger partial charge in [-0.05, 0) is 27.8 Å². The first-order valence-electron chi connectivity index (χ1n) is 10.8. The summed E-state index contributed by atoms with van der Waals surface area (Å²) in [6, 6.07) is 20.8. The van der Waals surface area contributed by atoms with Gasteiger partial charge in [0.15, 0.2) is 0 Å². The summed E-state index contributed by atoms with van der Waals surface area (Å²) in [7, 11) is -2.75. The number of hydrogen-bond donors (Lipinski definition) is 0. The quantitative estimate of drug-likeness (QED) is 0.609. The van der Waals surface area contributed by atoms with Crippen LogP contribution < -0.4 is 10.4 Å². The zero-order chi connectivity index (χ0) is 20.0. The van der Waals surface area contributed by atoms with Crippen LogP contribution in [0.3, 0.4) is 0 Å². The van der Waals surface area contributed by atoms with Gasteiger partial charge in [0.1, 0.15) is 0 Å². The monoisotopic (exact) mass is 394 g/mol. The Morgan fingerprint density at radius 1 is 0.893 bits per heavy atom. The standard InChI is InChI=1S/C25H34O2Si/c1-25(2,3)28(22-15-9-5-10-16-22,23-17-11-6-12-18-23)27-24(26)20-19-21-13-7-4-8-14-21/h5-6,9-12,15-18,21H,4,7-8,13-14,19-20H2,1-3H3. The molecule has 3 rings (SSSR count). The summed E-state index contributed by atoms with van der Waals surface area (Å²) in [6.07, 6.45) is 8.02. The molecule has 0 aliphatic heterocycles. The van der Waals surface area contributed by atoms with E-state index in [1.165, 1.54) is 42.5 Å². The Balaban J connectivity index is 1.90. The van der Waals surface area contributed by atoms with Crippen molar-refractivity contribution in [1.29, 1.82) is 0 Å². The lowest BCUT2D eigenvalue weighted by atomic mass is 9.86. The van der Waals surface area contributed by atoms with E-state index in [-0.39, 0.29) is 11.0 Å². The van der Waals surface area contributed by atoms with Gasteiger partial charge in [-0.15, -0.1) is 0 Å². The van der Waals surface area contributed by atoms with Crippen LogP contribution in [0, 0.1) is 5.92 Å². The highest BCUT2D eigenvalue weighted by atomic mass is 28.4. The van der Waals surface area contributed by atoms with Gasteiger partial charge in [-0.2, -0.15) is 0 Å². The highest BCUT2D eigenvalue weighted by molar-refractivity contribution is 7.00. The minimum absolute atomic E-state index is 0.0279. The number of carbonyl (C=O) groups is 1. The first-order chi connectivity index (χ1) is 13.4. The molecule has 150 valence electrons. The summed E-state index contributed by atoms with van der Waals surface area (Å²) < 4.78 is 6.57. The fraction of sp³-hybridized carbons (Fsp3) is 0.480. The van der Waals surface area contributed by atoms with E-state index in [2.05, 4.69) is 69.3 Å². The van der Waals surface area contributed by atoms with E-state index in [1.54, 1.807) is 0 Å². The lowest BCUT2D eigenvalue weighted by Gasteiger charge is -2.42. The van der Waals surface area contributed by atoms with Crippen molar-refractivity contribution in [3.63, 3.8) is 0 Å². The van der Waals surface area contributed by atoms with Crippen LogP contribution in [0.15, 0.2) is 60.7 Å². The molecule has 2 nitrogen and oxygen atoms in total. The number of carbonyl (C=O) groups excluding carboxylic acids is 1. The van der Waals surface area contributed by atoms with Crippen LogP contribution in [0.25, 0.3) is 0 Å². The predicted octanol–water partition coefficient (Wildman–Crippen LogP) is 5.45. The number of benzene rings is 2. The van der Waals surface area contributed by atoms with Crippen molar-refractivity contribution in [1.82, 2.24) is 0 Å². The van der Waals surface area contributed by atoms with Gasteiger partial charge in [-0.25, -0.2) is 0 Å².